The number of hydrogen-bond acceptors (Lipinski definition) is 4. The van der Waals surface area contributed by atoms with Crippen LogP contribution in [0.3, 0.4) is 0 Å². The van der Waals surface area contributed by atoms with Crippen LogP contribution in [0.4, 0.5) is 0 Å². The Bertz CT molecular complexity index is 439. The Morgan fingerprint density at radius 1 is 1.00 bits per heavy atom. The first-order valence-electron chi connectivity index (χ1n) is 9.96. The van der Waals surface area contributed by atoms with Crippen molar-refractivity contribution in [3.05, 3.63) is 0 Å². The van der Waals surface area contributed by atoms with E-state index in [-0.39, 0.29) is 5.41 Å². The molecule has 1 aliphatic carbocycles. The summed E-state index contributed by atoms with van der Waals surface area (Å²) in [6, 6.07) is 0. The van der Waals surface area contributed by atoms with Crippen molar-refractivity contribution in [2.24, 2.45) is 15.8 Å². The number of rotatable bonds is 6. The molecule has 1 saturated carbocycles. The molecule has 0 atom stereocenters. The zero-order valence-electron chi connectivity index (χ0n) is 16.1. The molecule has 2 aliphatic heterocycles. The van der Waals surface area contributed by atoms with Gasteiger partial charge in [0, 0.05) is 50.6 Å². The Morgan fingerprint density at radius 3 is 2.28 bits per heavy atom. The average Bonchev–Trinajstić information content (AvgIpc) is 2.62. The third-order valence-corrected chi connectivity index (χ3v) is 6.02. The van der Waals surface area contributed by atoms with Crippen LogP contribution in [0, 0.1) is 10.8 Å². The lowest BCUT2D eigenvalue weighted by Gasteiger charge is -2.43. The van der Waals surface area contributed by atoms with Gasteiger partial charge in [0.2, 0.25) is 0 Å². The lowest BCUT2D eigenvalue weighted by molar-refractivity contribution is -0.0971. The van der Waals surface area contributed by atoms with E-state index in [9.17, 15) is 0 Å². The summed E-state index contributed by atoms with van der Waals surface area (Å²) >= 11 is 0. The van der Waals surface area contributed by atoms with Crippen molar-refractivity contribution in [3.63, 3.8) is 0 Å². The van der Waals surface area contributed by atoms with E-state index in [2.05, 4.69) is 27.4 Å². The van der Waals surface area contributed by atoms with E-state index >= 15 is 0 Å². The molecule has 6 nitrogen and oxygen atoms in total. The summed E-state index contributed by atoms with van der Waals surface area (Å²) in [5.74, 6) is 0.931. The van der Waals surface area contributed by atoms with Crippen LogP contribution >= 0.6 is 0 Å². The van der Waals surface area contributed by atoms with Crippen LogP contribution in [0.25, 0.3) is 0 Å². The molecule has 0 radical (unpaired) electrons. The number of morpholine rings is 1. The lowest BCUT2D eigenvalue weighted by atomic mass is 9.73. The number of aliphatic imine (C=N–C) groups is 1. The Kier molecular flexibility index (Phi) is 6.58. The van der Waals surface area contributed by atoms with Gasteiger partial charge in [-0.05, 0) is 12.8 Å². The van der Waals surface area contributed by atoms with Crippen LogP contribution in [-0.2, 0) is 9.47 Å². The summed E-state index contributed by atoms with van der Waals surface area (Å²) in [4.78, 5) is 7.03. The molecule has 3 aliphatic rings. The van der Waals surface area contributed by atoms with Crippen molar-refractivity contribution in [2.45, 2.75) is 39.0 Å². The second-order valence-corrected chi connectivity index (χ2v) is 8.53. The van der Waals surface area contributed by atoms with Crippen LogP contribution in [0.15, 0.2) is 4.99 Å². The maximum Gasteiger partial charge on any atom is 0.191 e. The van der Waals surface area contributed by atoms with Crippen LogP contribution in [0.5, 0.6) is 0 Å². The predicted octanol–water partition coefficient (Wildman–Crippen LogP) is 1.47. The van der Waals surface area contributed by atoms with Crippen molar-refractivity contribution < 1.29 is 9.47 Å². The van der Waals surface area contributed by atoms with E-state index < -0.39 is 0 Å². The second-order valence-electron chi connectivity index (χ2n) is 8.53. The first kappa shape index (κ1) is 18.9. The first-order valence-corrected chi connectivity index (χ1v) is 9.96. The minimum absolute atomic E-state index is 0.258. The fourth-order valence-electron chi connectivity index (χ4n) is 4.27. The van der Waals surface area contributed by atoms with Crippen LogP contribution < -0.4 is 10.6 Å². The highest BCUT2D eigenvalue weighted by Gasteiger charge is 2.35. The summed E-state index contributed by atoms with van der Waals surface area (Å²) in [5, 5.41) is 7.13. The molecule has 0 unspecified atom stereocenters. The maximum atomic E-state index is 5.52. The van der Waals surface area contributed by atoms with E-state index in [0.29, 0.717) is 5.41 Å². The van der Waals surface area contributed by atoms with Gasteiger partial charge in [0.05, 0.1) is 26.4 Å². The number of ether oxygens (including phenoxy) is 2. The monoisotopic (exact) mass is 352 g/mol. The highest BCUT2D eigenvalue weighted by Crippen LogP contribution is 2.36. The first-order chi connectivity index (χ1) is 12.1. The smallest absolute Gasteiger partial charge is 0.191 e. The number of guanidine groups is 1. The lowest BCUT2D eigenvalue weighted by Crippen LogP contribution is -2.54. The maximum absolute atomic E-state index is 5.52. The third-order valence-electron chi connectivity index (χ3n) is 6.02. The summed E-state index contributed by atoms with van der Waals surface area (Å²) in [5.41, 5.74) is 0.630. The highest BCUT2D eigenvalue weighted by atomic mass is 16.5. The molecule has 0 aromatic carbocycles. The fourth-order valence-corrected chi connectivity index (χ4v) is 4.27. The molecule has 6 heteroatoms. The van der Waals surface area contributed by atoms with Gasteiger partial charge in [0.25, 0.3) is 0 Å². The van der Waals surface area contributed by atoms with E-state index in [1.165, 1.54) is 38.6 Å². The van der Waals surface area contributed by atoms with E-state index in [1.54, 1.807) is 0 Å². The fraction of sp³-hybridized carbons (Fsp3) is 0.947. The highest BCUT2D eigenvalue weighted by molar-refractivity contribution is 5.79. The van der Waals surface area contributed by atoms with Gasteiger partial charge in [0.1, 0.15) is 0 Å². The van der Waals surface area contributed by atoms with Crippen LogP contribution in [0.2, 0.25) is 0 Å². The number of hydrogen-bond donors (Lipinski definition) is 2. The third kappa shape index (κ3) is 5.31. The van der Waals surface area contributed by atoms with Crippen LogP contribution in [0.1, 0.15) is 39.0 Å². The van der Waals surface area contributed by atoms with E-state index in [1.807, 2.05) is 7.05 Å². The van der Waals surface area contributed by atoms with Crippen molar-refractivity contribution in [2.75, 3.05) is 66.2 Å². The Morgan fingerprint density at radius 2 is 1.68 bits per heavy atom. The van der Waals surface area contributed by atoms with Gasteiger partial charge in [-0.2, -0.15) is 0 Å². The van der Waals surface area contributed by atoms with Crippen LogP contribution in [-0.4, -0.2) is 77.1 Å². The molecule has 0 aromatic rings. The average molecular weight is 353 g/mol. The van der Waals surface area contributed by atoms with Crippen molar-refractivity contribution in [3.8, 4) is 0 Å². The molecular weight excluding hydrogens is 316 g/mol. The molecule has 2 heterocycles. The minimum Gasteiger partial charge on any atom is -0.380 e. The molecule has 144 valence electrons. The summed E-state index contributed by atoms with van der Waals surface area (Å²) in [6.45, 7) is 11.0. The summed E-state index contributed by atoms with van der Waals surface area (Å²) in [6.07, 6.45) is 6.73. The topological polar surface area (TPSA) is 58.1 Å². The molecule has 0 bridgehead atoms. The van der Waals surface area contributed by atoms with Gasteiger partial charge in [-0.15, -0.1) is 0 Å². The molecule has 0 spiro atoms. The molecule has 25 heavy (non-hydrogen) atoms. The SMILES string of the molecule is CN=C(NCC1(C)COC1)NCC1(CN2CCOCC2)CCCCC1. The Hall–Kier alpha value is -0.850. The van der Waals surface area contributed by atoms with Gasteiger partial charge < -0.3 is 20.1 Å². The Labute approximate surface area is 152 Å². The second kappa shape index (κ2) is 8.69. The zero-order chi connectivity index (χ0) is 17.6. The van der Waals surface area contributed by atoms with Crippen molar-refractivity contribution in [1.29, 1.82) is 0 Å². The molecule has 0 aromatic heterocycles. The van der Waals surface area contributed by atoms with Crippen molar-refractivity contribution in [1.82, 2.24) is 15.5 Å². The van der Waals surface area contributed by atoms with Gasteiger partial charge >= 0.3 is 0 Å². The largest absolute Gasteiger partial charge is 0.380 e. The van der Waals surface area contributed by atoms with Gasteiger partial charge in [-0.1, -0.05) is 26.2 Å². The summed E-state index contributed by atoms with van der Waals surface area (Å²) < 4.78 is 10.9. The molecule has 3 fully saturated rings. The Balaban J connectivity index is 1.51. The molecule has 3 rings (SSSR count). The molecular formula is C19H36N4O2. The van der Waals surface area contributed by atoms with E-state index in [0.717, 1.165) is 58.6 Å². The van der Waals surface area contributed by atoms with Gasteiger partial charge in [0.15, 0.2) is 5.96 Å². The van der Waals surface area contributed by atoms with Crippen molar-refractivity contribution >= 4 is 5.96 Å². The molecule has 2 saturated heterocycles. The van der Waals surface area contributed by atoms with E-state index in [4.69, 9.17) is 9.47 Å². The predicted molar refractivity (Wildman–Crippen MR) is 101 cm³/mol. The minimum atomic E-state index is 0.258. The van der Waals surface area contributed by atoms with Gasteiger partial charge in [-0.25, -0.2) is 0 Å². The number of nitrogens with one attached hydrogen (secondary N) is 2. The molecule has 2 N–H and O–H groups in total. The summed E-state index contributed by atoms with van der Waals surface area (Å²) in [7, 11) is 1.87. The normalized spacial score (nSPS) is 26.7. The molecule has 0 amide bonds. The number of nitrogens with zero attached hydrogens (tertiary/aromatic N) is 2. The quantitative estimate of drug-likeness (QED) is 0.560. The van der Waals surface area contributed by atoms with Gasteiger partial charge in [-0.3, -0.25) is 9.89 Å². The zero-order valence-corrected chi connectivity index (χ0v) is 16.1. The standard InChI is InChI=1S/C19H36N4O2/c1-18(15-25-16-18)12-21-17(20-2)22-13-19(6-4-3-5-7-19)14-23-8-10-24-11-9-23/h3-16H2,1-2H3,(H2,20,21,22).